The van der Waals surface area contributed by atoms with Gasteiger partial charge in [0, 0.05) is 17.5 Å². The first kappa shape index (κ1) is 30.0. The molecule has 3 aromatic carbocycles. The van der Waals surface area contributed by atoms with Gasteiger partial charge in [-0.05, 0) is 75.1 Å². The Kier molecular flexibility index (Phi) is 10.0. The average molecular weight is 550 g/mol. The van der Waals surface area contributed by atoms with Crippen LogP contribution in [0.3, 0.4) is 0 Å². The first-order valence-corrected chi connectivity index (χ1v) is 13.9. The van der Waals surface area contributed by atoms with Crippen molar-refractivity contribution in [2.45, 2.75) is 71.7 Å². The van der Waals surface area contributed by atoms with Gasteiger partial charge in [0.05, 0.1) is 0 Å². The normalized spacial score (nSPS) is 13.0. The lowest BCUT2D eigenvalue weighted by molar-refractivity contribution is -0.142. The number of hydrogen-bond acceptors (Lipinski definition) is 5. The van der Waals surface area contributed by atoms with Crippen LogP contribution in [-0.4, -0.2) is 46.2 Å². The van der Waals surface area contributed by atoms with Gasteiger partial charge in [0.15, 0.2) is 0 Å². The van der Waals surface area contributed by atoms with E-state index in [9.17, 15) is 14.4 Å². The SMILES string of the molecule is CCc1ccc(C(C(=O)Nc2ccc3ccccc3c2)N(C(=O)C(CS)NC(=O)OC(C)(C)C)C(C)C)cc1. The number of carbonyl (C=O) groups is 3. The van der Waals surface area contributed by atoms with Gasteiger partial charge in [-0.2, -0.15) is 12.6 Å². The largest absolute Gasteiger partial charge is 0.444 e. The molecular weight excluding hydrogens is 510 g/mol. The van der Waals surface area contributed by atoms with E-state index in [0.717, 1.165) is 22.8 Å². The molecule has 0 spiro atoms. The number of ether oxygens (including phenoxy) is 1. The van der Waals surface area contributed by atoms with E-state index in [1.54, 1.807) is 20.8 Å². The Balaban J connectivity index is 1.98. The van der Waals surface area contributed by atoms with Crippen molar-refractivity contribution in [3.05, 3.63) is 77.9 Å². The van der Waals surface area contributed by atoms with E-state index in [1.165, 1.54) is 4.90 Å². The summed E-state index contributed by atoms with van der Waals surface area (Å²) in [4.78, 5) is 41.9. The van der Waals surface area contributed by atoms with Crippen LogP contribution in [0.15, 0.2) is 66.7 Å². The second kappa shape index (κ2) is 13.0. The number of nitrogens with one attached hydrogen (secondary N) is 2. The van der Waals surface area contributed by atoms with Gasteiger partial charge in [-0.3, -0.25) is 9.59 Å². The third-order valence-electron chi connectivity index (χ3n) is 6.23. The molecule has 0 aromatic heterocycles. The molecule has 0 heterocycles. The van der Waals surface area contributed by atoms with Gasteiger partial charge in [-0.15, -0.1) is 0 Å². The van der Waals surface area contributed by atoms with Gasteiger partial charge in [0.1, 0.15) is 17.7 Å². The van der Waals surface area contributed by atoms with Crippen LogP contribution in [0.1, 0.15) is 58.7 Å². The lowest BCUT2D eigenvalue weighted by Gasteiger charge is -2.37. The molecule has 8 heteroatoms. The molecule has 0 saturated carbocycles. The molecule has 7 nitrogen and oxygen atoms in total. The van der Waals surface area contributed by atoms with Crippen LogP contribution in [0.25, 0.3) is 10.8 Å². The monoisotopic (exact) mass is 549 g/mol. The van der Waals surface area contributed by atoms with E-state index in [4.69, 9.17) is 4.74 Å². The molecular formula is C31H39N3O4S. The van der Waals surface area contributed by atoms with Gasteiger partial charge in [-0.25, -0.2) is 4.79 Å². The summed E-state index contributed by atoms with van der Waals surface area (Å²) in [5.74, 6) is -0.745. The summed E-state index contributed by atoms with van der Waals surface area (Å²) in [6, 6.07) is 19.0. The van der Waals surface area contributed by atoms with E-state index < -0.39 is 29.7 Å². The standard InChI is InChI=1S/C31H39N3O4S/c1-7-21-12-14-23(15-13-21)27(28(35)32-25-17-16-22-10-8-9-11-24(22)18-25)34(20(2)3)29(36)26(19-39)33-30(37)38-31(4,5)6/h8-18,20,26-27,39H,7,19H2,1-6H3,(H,32,35)(H,33,37). The Hall–Kier alpha value is -3.52. The second-order valence-corrected chi connectivity index (χ2v) is 11.1. The highest BCUT2D eigenvalue weighted by Gasteiger charge is 2.37. The van der Waals surface area contributed by atoms with Crippen molar-refractivity contribution in [2.24, 2.45) is 0 Å². The van der Waals surface area contributed by atoms with Gasteiger partial charge >= 0.3 is 6.09 Å². The number of carbonyl (C=O) groups excluding carboxylic acids is 3. The third kappa shape index (κ3) is 7.99. The summed E-state index contributed by atoms with van der Waals surface area (Å²) in [6.45, 7) is 11.0. The number of fused-ring (bicyclic) bond motifs is 1. The number of thiol groups is 1. The highest BCUT2D eigenvalue weighted by Crippen LogP contribution is 2.28. The minimum Gasteiger partial charge on any atom is -0.444 e. The first-order valence-electron chi connectivity index (χ1n) is 13.2. The molecule has 0 aliphatic heterocycles. The Morgan fingerprint density at radius 1 is 0.949 bits per heavy atom. The Morgan fingerprint density at radius 3 is 2.15 bits per heavy atom. The summed E-state index contributed by atoms with van der Waals surface area (Å²) in [7, 11) is 0. The van der Waals surface area contributed by atoms with Gasteiger partial charge in [-0.1, -0.05) is 61.5 Å². The quantitative estimate of drug-likeness (QED) is 0.280. The zero-order valence-electron chi connectivity index (χ0n) is 23.5. The Labute approximate surface area is 236 Å². The summed E-state index contributed by atoms with van der Waals surface area (Å²) in [5.41, 5.74) is 1.69. The van der Waals surface area contributed by atoms with E-state index in [1.807, 2.05) is 80.6 Å². The fraction of sp³-hybridized carbons (Fsp3) is 0.387. The molecule has 0 aliphatic rings. The second-order valence-electron chi connectivity index (χ2n) is 10.8. The zero-order chi connectivity index (χ0) is 28.7. The van der Waals surface area contributed by atoms with Crippen molar-refractivity contribution in [3.63, 3.8) is 0 Å². The molecule has 208 valence electrons. The van der Waals surface area contributed by atoms with Crippen LogP contribution in [-0.2, 0) is 20.7 Å². The van der Waals surface area contributed by atoms with Crippen molar-refractivity contribution < 1.29 is 19.1 Å². The van der Waals surface area contributed by atoms with E-state index in [2.05, 4.69) is 30.2 Å². The number of aryl methyl sites for hydroxylation is 1. The van der Waals surface area contributed by atoms with Crippen LogP contribution >= 0.6 is 12.6 Å². The van der Waals surface area contributed by atoms with E-state index >= 15 is 0 Å². The van der Waals surface area contributed by atoms with Gasteiger partial charge in [0.2, 0.25) is 5.91 Å². The minimum absolute atomic E-state index is 0.0368. The zero-order valence-corrected chi connectivity index (χ0v) is 24.4. The maximum atomic E-state index is 13.9. The molecule has 0 radical (unpaired) electrons. The van der Waals surface area contributed by atoms with Crippen LogP contribution < -0.4 is 10.6 Å². The van der Waals surface area contributed by atoms with Crippen molar-refractivity contribution >= 4 is 47.0 Å². The summed E-state index contributed by atoms with van der Waals surface area (Å²) < 4.78 is 5.36. The molecule has 0 fully saturated rings. The first-order chi connectivity index (χ1) is 18.4. The number of nitrogens with zero attached hydrogens (tertiary/aromatic N) is 1. The van der Waals surface area contributed by atoms with E-state index in [-0.39, 0.29) is 17.7 Å². The fourth-order valence-electron chi connectivity index (χ4n) is 4.35. The Bertz CT molecular complexity index is 1300. The molecule has 0 saturated heterocycles. The molecule has 3 aromatic rings. The molecule has 2 unspecified atom stereocenters. The predicted octanol–water partition coefficient (Wildman–Crippen LogP) is 6.14. The third-order valence-corrected chi connectivity index (χ3v) is 6.59. The van der Waals surface area contributed by atoms with Crippen molar-refractivity contribution in [1.82, 2.24) is 10.2 Å². The molecule has 2 N–H and O–H groups in total. The van der Waals surface area contributed by atoms with Crippen LogP contribution in [0.5, 0.6) is 0 Å². The number of benzene rings is 3. The number of hydrogen-bond donors (Lipinski definition) is 3. The average Bonchev–Trinajstić information content (AvgIpc) is 2.88. The molecule has 39 heavy (non-hydrogen) atoms. The highest BCUT2D eigenvalue weighted by molar-refractivity contribution is 7.80. The lowest BCUT2D eigenvalue weighted by atomic mass is 9.99. The molecule has 3 amide bonds. The molecule has 0 bridgehead atoms. The number of alkyl carbamates (subject to hydrolysis) is 1. The fourth-order valence-corrected chi connectivity index (χ4v) is 4.59. The molecule has 2 atom stereocenters. The van der Waals surface area contributed by atoms with Crippen molar-refractivity contribution in [1.29, 1.82) is 0 Å². The van der Waals surface area contributed by atoms with Crippen molar-refractivity contribution in [3.8, 4) is 0 Å². The van der Waals surface area contributed by atoms with Crippen LogP contribution in [0.4, 0.5) is 10.5 Å². The number of amides is 3. The summed E-state index contributed by atoms with van der Waals surface area (Å²) in [6.07, 6.45) is 0.130. The molecule has 3 rings (SSSR count). The maximum absolute atomic E-state index is 13.9. The topological polar surface area (TPSA) is 87.7 Å². The Morgan fingerprint density at radius 2 is 1.59 bits per heavy atom. The van der Waals surface area contributed by atoms with Gasteiger partial charge in [0.25, 0.3) is 5.91 Å². The van der Waals surface area contributed by atoms with E-state index in [0.29, 0.717) is 11.3 Å². The number of rotatable bonds is 9. The lowest BCUT2D eigenvalue weighted by Crippen LogP contribution is -2.55. The minimum atomic E-state index is -0.989. The molecule has 0 aliphatic carbocycles. The number of anilines is 1. The highest BCUT2D eigenvalue weighted by atomic mass is 32.1. The van der Waals surface area contributed by atoms with Gasteiger partial charge < -0.3 is 20.3 Å². The maximum Gasteiger partial charge on any atom is 0.408 e. The summed E-state index contributed by atoms with van der Waals surface area (Å²) in [5, 5.41) is 7.70. The van der Waals surface area contributed by atoms with Crippen LogP contribution in [0, 0.1) is 0 Å². The smallest absolute Gasteiger partial charge is 0.408 e. The van der Waals surface area contributed by atoms with Crippen LogP contribution in [0.2, 0.25) is 0 Å². The van der Waals surface area contributed by atoms with Crippen molar-refractivity contribution in [2.75, 3.05) is 11.1 Å². The summed E-state index contributed by atoms with van der Waals surface area (Å²) >= 11 is 4.33. The predicted molar refractivity (Wildman–Crippen MR) is 160 cm³/mol.